The summed E-state index contributed by atoms with van der Waals surface area (Å²) in [7, 11) is 0. The lowest BCUT2D eigenvalue weighted by atomic mass is 10.0. The molecule has 1 fully saturated rings. The molecule has 1 saturated heterocycles. The van der Waals surface area contributed by atoms with Gasteiger partial charge in [0.15, 0.2) is 17.4 Å². The van der Waals surface area contributed by atoms with E-state index >= 15 is 4.39 Å². The highest BCUT2D eigenvalue weighted by Gasteiger charge is 2.32. The predicted molar refractivity (Wildman–Crippen MR) is 165 cm³/mol. The number of carbonyl (C=O) groups is 1. The summed E-state index contributed by atoms with van der Waals surface area (Å²) in [6.07, 6.45) is 2.76. The minimum Gasteiger partial charge on any atom is -0.503 e. The topological polar surface area (TPSA) is 115 Å². The third-order valence-corrected chi connectivity index (χ3v) is 8.32. The molecule has 0 radical (unpaired) electrons. The van der Waals surface area contributed by atoms with Crippen LogP contribution in [0.15, 0.2) is 35.8 Å². The van der Waals surface area contributed by atoms with Gasteiger partial charge >= 0.3 is 0 Å². The van der Waals surface area contributed by atoms with Crippen LogP contribution in [0.3, 0.4) is 0 Å². The van der Waals surface area contributed by atoms with E-state index in [-0.39, 0.29) is 65.3 Å². The number of aromatic hydroxyl groups is 1. The highest BCUT2D eigenvalue weighted by Crippen LogP contribution is 2.43. The van der Waals surface area contributed by atoms with Crippen LogP contribution in [0.2, 0.25) is 10.0 Å². The molecule has 0 aliphatic carbocycles. The van der Waals surface area contributed by atoms with Crippen LogP contribution in [-0.2, 0) is 4.79 Å². The molecular weight excluding hydrogens is 632 g/mol. The second-order valence-corrected chi connectivity index (χ2v) is 11.5. The zero-order valence-corrected chi connectivity index (χ0v) is 25.8. The Bertz CT molecular complexity index is 1990. The first-order valence-electron chi connectivity index (χ1n) is 13.7. The number of phenols is 1. The number of rotatable bonds is 5. The Hall–Kier alpha value is -4.60. The molecule has 0 atom stereocenters. The number of fused-ring (bicyclic) bond motifs is 1. The number of phenolic OH excluding ortho intramolecular Hbond substituents is 1. The van der Waals surface area contributed by atoms with Crippen molar-refractivity contribution in [3.8, 4) is 28.8 Å². The van der Waals surface area contributed by atoms with Crippen molar-refractivity contribution in [2.24, 2.45) is 0 Å². The third kappa shape index (κ3) is 5.15. The van der Waals surface area contributed by atoms with Gasteiger partial charge in [-0.2, -0.15) is 9.65 Å². The van der Waals surface area contributed by atoms with Crippen molar-refractivity contribution in [2.45, 2.75) is 26.7 Å². The molecule has 0 bridgehead atoms. The fourth-order valence-electron chi connectivity index (χ4n) is 5.47. The molecule has 5 rings (SSSR count). The summed E-state index contributed by atoms with van der Waals surface area (Å²) in [5.74, 6) is -7.33. The van der Waals surface area contributed by atoms with Crippen LogP contribution in [0.1, 0.15) is 36.6 Å². The van der Waals surface area contributed by atoms with Gasteiger partial charge in [0, 0.05) is 37.8 Å². The lowest BCUT2D eigenvalue weighted by Gasteiger charge is -2.36. The van der Waals surface area contributed by atoms with Gasteiger partial charge in [0.2, 0.25) is 11.7 Å². The predicted octanol–water partition coefficient (Wildman–Crippen LogP) is 6.02. The maximum absolute atomic E-state index is 15.3. The Morgan fingerprint density at radius 3 is 2.40 bits per heavy atom. The van der Waals surface area contributed by atoms with Crippen molar-refractivity contribution in [2.75, 3.05) is 31.1 Å². The maximum atomic E-state index is 15.3. The summed E-state index contributed by atoms with van der Waals surface area (Å²) in [4.78, 5) is 38.8. The Morgan fingerprint density at radius 2 is 1.80 bits per heavy atom. The summed E-state index contributed by atoms with van der Waals surface area (Å²) in [5.41, 5.74) is -0.881. The number of halogens is 5. The number of aromatic nitrogens is 3. The fraction of sp³-hybridized carbons (Fsp3) is 0.258. The molecule has 0 saturated carbocycles. The molecule has 0 spiro atoms. The van der Waals surface area contributed by atoms with Gasteiger partial charge in [-0.3, -0.25) is 19.1 Å². The first kappa shape index (κ1) is 31.8. The van der Waals surface area contributed by atoms with Gasteiger partial charge in [0.1, 0.15) is 17.3 Å². The number of nitriles is 1. The van der Waals surface area contributed by atoms with Crippen LogP contribution in [0.25, 0.3) is 28.0 Å². The molecule has 45 heavy (non-hydrogen) atoms. The molecule has 4 heterocycles. The molecule has 4 aromatic rings. The summed E-state index contributed by atoms with van der Waals surface area (Å²) in [5, 5.41) is 19.2. The average molecular weight is 657 g/mol. The lowest BCUT2D eigenvalue weighted by molar-refractivity contribution is -0.126. The normalized spacial score (nSPS) is 13.4. The van der Waals surface area contributed by atoms with E-state index in [1.165, 1.54) is 12.1 Å². The molecule has 232 valence electrons. The van der Waals surface area contributed by atoms with Gasteiger partial charge in [0.25, 0.3) is 5.56 Å². The summed E-state index contributed by atoms with van der Waals surface area (Å²) in [6, 6.07) is 5.00. The number of aryl methyl sites for hydroxylation is 1. The molecule has 14 heteroatoms. The highest BCUT2D eigenvalue weighted by atomic mass is 35.5. The summed E-state index contributed by atoms with van der Waals surface area (Å²) in [6.45, 7) is 9.94. The number of piperazine rings is 1. The van der Waals surface area contributed by atoms with E-state index in [9.17, 15) is 28.7 Å². The second kappa shape index (κ2) is 12.1. The second-order valence-electron chi connectivity index (χ2n) is 10.7. The summed E-state index contributed by atoms with van der Waals surface area (Å²) >= 11 is 12.6. The number of carbonyl (C=O) groups excluding carboxylic acids is 1. The quantitative estimate of drug-likeness (QED) is 0.159. The molecule has 1 N–H and O–H groups in total. The van der Waals surface area contributed by atoms with E-state index < -0.39 is 45.0 Å². The number of nitrogens with zero attached hydrogens (tertiary/aromatic N) is 6. The Morgan fingerprint density at radius 1 is 1.13 bits per heavy atom. The van der Waals surface area contributed by atoms with Crippen LogP contribution in [-0.4, -0.2) is 56.6 Å². The van der Waals surface area contributed by atoms with Crippen molar-refractivity contribution in [1.82, 2.24) is 19.4 Å². The van der Waals surface area contributed by atoms with E-state index in [1.54, 1.807) is 29.0 Å². The number of anilines is 1. The monoisotopic (exact) mass is 656 g/mol. The van der Waals surface area contributed by atoms with Crippen LogP contribution in [0, 0.1) is 35.7 Å². The van der Waals surface area contributed by atoms with Crippen molar-refractivity contribution in [3.05, 3.63) is 85.7 Å². The molecule has 1 amide bonds. The van der Waals surface area contributed by atoms with Crippen LogP contribution in [0.4, 0.5) is 18.9 Å². The number of amides is 1. The highest BCUT2D eigenvalue weighted by molar-refractivity contribution is 6.37. The minimum atomic E-state index is -1.89. The van der Waals surface area contributed by atoms with E-state index in [1.807, 2.05) is 19.9 Å². The Labute approximate surface area is 265 Å². The molecule has 0 unspecified atom stereocenters. The van der Waals surface area contributed by atoms with Crippen molar-refractivity contribution in [3.63, 3.8) is 0 Å². The minimum absolute atomic E-state index is 0.115. The van der Waals surface area contributed by atoms with Crippen LogP contribution in [0.5, 0.6) is 5.75 Å². The number of hydrogen-bond donors (Lipinski definition) is 1. The van der Waals surface area contributed by atoms with Gasteiger partial charge in [-0.25, -0.2) is 13.8 Å². The van der Waals surface area contributed by atoms with E-state index in [0.29, 0.717) is 16.9 Å². The number of benzene rings is 1. The van der Waals surface area contributed by atoms with E-state index in [0.717, 1.165) is 4.57 Å². The van der Waals surface area contributed by atoms with Crippen molar-refractivity contribution >= 4 is 45.8 Å². The fourth-order valence-corrected chi connectivity index (χ4v) is 5.97. The number of pyridine rings is 3. The average Bonchev–Trinajstić information content (AvgIpc) is 3.02. The van der Waals surface area contributed by atoms with E-state index in [2.05, 4.69) is 16.5 Å². The van der Waals surface area contributed by atoms with Crippen LogP contribution >= 0.6 is 23.2 Å². The number of hydrogen-bond acceptors (Lipinski definition) is 7. The SMILES string of the molecule is C=CC(=O)N1CCN(c2c(C#N)c(=O)n(-c3c(C)ccnc3C(C)C)c3nc(-c4c(F)c(O)c(F)c(F)c4Cl)c(Cl)cc23)CC1. The van der Waals surface area contributed by atoms with Crippen molar-refractivity contribution < 1.29 is 23.1 Å². The lowest BCUT2D eigenvalue weighted by Crippen LogP contribution is -2.49. The van der Waals surface area contributed by atoms with Crippen molar-refractivity contribution in [1.29, 1.82) is 5.26 Å². The zero-order chi connectivity index (χ0) is 32.9. The first-order valence-corrected chi connectivity index (χ1v) is 14.5. The molecule has 1 aliphatic heterocycles. The maximum Gasteiger partial charge on any atom is 0.276 e. The van der Waals surface area contributed by atoms with Gasteiger partial charge in [-0.15, -0.1) is 0 Å². The Balaban J connectivity index is 1.93. The van der Waals surface area contributed by atoms with Gasteiger partial charge in [-0.1, -0.05) is 43.6 Å². The Kier molecular flexibility index (Phi) is 8.53. The standard InChI is InChI=1S/C31H25Cl2F3N6O3/c1-5-19(43)40-8-10-41(11-9-40)28-16-12-18(32)26(20-21(33)23(35)24(36)29(44)22(20)34)39-30(16)42(31(45)17(28)13-37)27-15(4)6-7-38-25(27)14(2)3/h5-7,12,14,44H,1,8-11H2,2-4H3. The zero-order valence-electron chi connectivity index (χ0n) is 24.3. The summed E-state index contributed by atoms with van der Waals surface area (Å²) < 4.78 is 45.2. The molecular formula is C31H25Cl2F3N6O3. The molecule has 1 aliphatic rings. The van der Waals surface area contributed by atoms with E-state index in [4.69, 9.17) is 23.2 Å². The van der Waals surface area contributed by atoms with Gasteiger partial charge < -0.3 is 14.9 Å². The third-order valence-electron chi connectivity index (χ3n) is 7.67. The molecule has 1 aromatic carbocycles. The first-order chi connectivity index (χ1) is 21.3. The molecule has 9 nitrogen and oxygen atoms in total. The molecule has 3 aromatic heterocycles. The van der Waals surface area contributed by atoms with Gasteiger partial charge in [0.05, 0.1) is 38.4 Å². The van der Waals surface area contributed by atoms with Gasteiger partial charge in [-0.05, 0) is 36.6 Å². The largest absolute Gasteiger partial charge is 0.503 e. The van der Waals surface area contributed by atoms with Crippen LogP contribution < -0.4 is 10.5 Å². The smallest absolute Gasteiger partial charge is 0.276 e.